The molecule has 0 radical (unpaired) electrons. The van der Waals surface area contributed by atoms with Gasteiger partial charge in [0.2, 0.25) is 0 Å². The number of carboxylic acids is 1. The largest absolute Gasteiger partial charge is 0.480 e. The van der Waals surface area contributed by atoms with Crippen molar-refractivity contribution in [3.8, 4) is 0 Å². The Kier molecular flexibility index (Phi) is 5.83. The minimum absolute atomic E-state index is 0.348. The van der Waals surface area contributed by atoms with E-state index in [2.05, 4.69) is 5.32 Å². The van der Waals surface area contributed by atoms with Crippen molar-refractivity contribution in [2.45, 2.75) is 46.7 Å². The van der Waals surface area contributed by atoms with E-state index in [1.165, 1.54) is 0 Å². The fourth-order valence-electron chi connectivity index (χ4n) is 2.19. The third-order valence-electron chi connectivity index (χ3n) is 3.19. The Bertz CT molecular complexity index is 434. The number of nitrogens with one attached hydrogen (secondary N) is 1. The molecule has 0 saturated heterocycles. The molecule has 1 rings (SSSR count). The van der Waals surface area contributed by atoms with E-state index in [-0.39, 0.29) is 0 Å². The first-order valence-corrected chi connectivity index (χ1v) is 6.91. The first kappa shape index (κ1) is 16.0. The molecule has 1 aromatic carbocycles. The first-order valence-electron chi connectivity index (χ1n) is 6.53. The molecule has 19 heavy (non-hydrogen) atoms. The molecule has 0 heterocycles. The number of carbonyl (C=O) groups is 1. The van der Waals surface area contributed by atoms with Gasteiger partial charge in [-0.1, -0.05) is 25.4 Å². The predicted octanol–water partition coefficient (Wildman–Crippen LogP) is 3.55. The van der Waals surface area contributed by atoms with Gasteiger partial charge in [0.25, 0.3) is 0 Å². The molecule has 1 aromatic rings. The molecule has 0 bridgehead atoms. The van der Waals surface area contributed by atoms with Crippen molar-refractivity contribution in [1.82, 2.24) is 5.32 Å². The fraction of sp³-hybridized carbons (Fsp3) is 0.533. The third kappa shape index (κ3) is 4.84. The summed E-state index contributed by atoms with van der Waals surface area (Å²) < 4.78 is 0. The standard InChI is InChI=1S/C15H22ClNO2/c1-9(2)5-14(15(18)19)17-8-13-10(3)6-12(16)7-11(13)4/h6-7,9,14,17H,5,8H2,1-4H3,(H,18,19)/t14-/m1/s1. The highest BCUT2D eigenvalue weighted by molar-refractivity contribution is 6.30. The highest BCUT2D eigenvalue weighted by Gasteiger charge is 2.18. The summed E-state index contributed by atoms with van der Waals surface area (Å²) >= 11 is 5.99. The number of halogens is 1. The van der Waals surface area contributed by atoms with Crippen LogP contribution in [0.3, 0.4) is 0 Å². The van der Waals surface area contributed by atoms with E-state index in [4.69, 9.17) is 11.6 Å². The van der Waals surface area contributed by atoms with Gasteiger partial charge in [-0.15, -0.1) is 0 Å². The van der Waals surface area contributed by atoms with Gasteiger partial charge >= 0.3 is 5.97 Å². The maximum atomic E-state index is 11.2. The van der Waals surface area contributed by atoms with Gasteiger partial charge in [-0.25, -0.2) is 0 Å². The van der Waals surface area contributed by atoms with Crippen LogP contribution in [0.15, 0.2) is 12.1 Å². The normalized spacial score (nSPS) is 12.7. The van der Waals surface area contributed by atoms with Crippen LogP contribution >= 0.6 is 11.6 Å². The van der Waals surface area contributed by atoms with Crippen LogP contribution < -0.4 is 5.32 Å². The molecule has 0 aromatic heterocycles. The van der Waals surface area contributed by atoms with Crippen LogP contribution in [-0.2, 0) is 11.3 Å². The molecule has 0 aliphatic heterocycles. The molecule has 0 aliphatic carbocycles. The van der Waals surface area contributed by atoms with Crippen LogP contribution in [0.2, 0.25) is 5.02 Å². The van der Waals surface area contributed by atoms with E-state index in [9.17, 15) is 9.90 Å². The lowest BCUT2D eigenvalue weighted by molar-refractivity contribution is -0.140. The summed E-state index contributed by atoms with van der Waals surface area (Å²) in [5.74, 6) is -0.445. The fourth-order valence-corrected chi connectivity index (χ4v) is 2.51. The average Bonchev–Trinajstić information content (AvgIpc) is 2.25. The second kappa shape index (κ2) is 6.92. The Hall–Kier alpha value is -1.06. The number of aliphatic carboxylic acids is 1. The zero-order chi connectivity index (χ0) is 14.6. The average molecular weight is 284 g/mol. The van der Waals surface area contributed by atoms with Crippen molar-refractivity contribution < 1.29 is 9.90 Å². The molecule has 0 aliphatic rings. The topological polar surface area (TPSA) is 49.3 Å². The summed E-state index contributed by atoms with van der Waals surface area (Å²) in [6.07, 6.45) is 0.626. The SMILES string of the molecule is Cc1cc(Cl)cc(C)c1CN[C@H](CC(C)C)C(=O)O. The van der Waals surface area contributed by atoms with Crippen LogP contribution in [0.4, 0.5) is 0 Å². The van der Waals surface area contributed by atoms with Crippen molar-refractivity contribution >= 4 is 17.6 Å². The lowest BCUT2D eigenvalue weighted by atomic mass is 10.0. The Morgan fingerprint density at radius 1 is 1.32 bits per heavy atom. The maximum absolute atomic E-state index is 11.2. The summed E-state index contributed by atoms with van der Waals surface area (Å²) in [5, 5.41) is 13.0. The molecule has 3 nitrogen and oxygen atoms in total. The second-order valence-electron chi connectivity index (χ2n) is 5.42. The molecular formula is C15H22ClNO2. The number of hydrogen-bond acceptors (Lipinski definition) is 2. The van der Waals surface area contributed by atoms with E-state index in [0.717, 1.165) is 21.7 Å². The van der Waals surface area contributed by atoms with Gasteiger partial charge in [0.1, 0.15) is 6.04 Å². The minimum atomic E-state index is -0.794. The van der Waals surface area contributed by atoms with Crippen LogP contribution in [0.5, 0.6) is 0 Å². The molecule has 0 spiro atoms. The second-order valence-corrected chi connectivity index (χ2v) is 5.86. The van der Waals surface area contributed by atoms with Crippen molar-refractivity contribution in [3.05, 3.63) is 33.8 Å². The maximum Gasteiger partial charge on any atom is 0.320 e. The molecule has 0 fully saturated rings. The van der Waals surface area contributed by atoms with E-state index >= 15 is 0 Å². The number of carboxylic acid groups (broad SMARTS) is 1. The molecule has 0 amide bonds. The van der Waals surface area contributed by atoms with Gasteiger partial charge in [0.15, 0.2) is 0 Å². The highest BCUT2D eigenvalue weighted by Crippen LogP contribution is 2.20. The van der Waals surface area contributed by atoms with Crippen molar-refractivity contribution in [3.63, 3.8) is 0 Å². The van der Waals surface area contributed by atoms with E-state index in [0.29, 0.717) is 18.9 Å². The molecule has 2 N–H and O–H groups in total. The first-order chi connectivity index (χ1) is 8.81. The number of hydrogen-bond donors (Lipinski definition) is 2. The summed E-state index contributed by atoms with van der Waals surface area (Å²) in [7, 11) is 0. The highest BCUT2D eigenvalue weighted by atomic mass is 35.5. The van der Waals surface area contributed by atoms with Gasteiger partial charge in [0.05, 0.1) is 0 Å². The van der Waals surface area contributed by atoms with Gasteiger partial charge in [0, 0.05) is 11.6 Å². The van der Waals surface area contributed by atoms with Crippen LogP contribution in [0.25, 0.3) is 0 Å². The molecular weight excluding hydrogens is 262 g/mol. The van der Waals surface area contributed by atoms with Crippen molar-refractivity contribution in [2.75, 3.05) is 0 Å². The van der Waals surface area contributed by atoms with E-state index < -0.39 is 12.0 Å². The number of rotatable bonds is 6. The predicted molar refractivity (Wildman–Crippen MR) is 78.6 cm³/mol. The van der Waals surface area contributed by atoms with Gasteiger partial charge in [-0.3, -0.25) is 4.79 Å². The third-order valence-corrected chi connectivity index (χ3v) is 3.41. The minimum Gasteiger partial charge on any atom is -0.480 e. The number of aryl methyl sites for hydroxylation is 2. The summed E-state index contributed by atoms with van der Waals surface area (Å²) in [6.45, 7) is 8.59. The zero-order valence-electron chi connectivity index (χ0n) is 12.0. The van der Waals surface area contributed by atoms with Gasteiger partial charge in [-0.05, 0) is 55.0 Å². The summed E-state index contributed by atoms with van der Waals surface area (Å²) in [6, 6.07) is 3.31. The Morgan fingerprint density at radius 2 is 1.84 bits per heavy atom. The summed E-state index contributed by atoms with van der Waals surface area (Å²) in [4.78, 5) is 11.2. The van der Waals surface area contributed by atoms with Crippen LogP contribution in [-0.4, -0.2) is 17.1 Å². The quantitative estimate of drug-likeness (QED) is 0.839. The van der Waals surface area contributed by atoms with Crippen LogP contribution in [0, 0.1) is 19.8 Å². The van der Waals surface area contributed by atoms with Crippen LogP contribution in [0.1, 0.15) is 37.0 Å². The van der Waals surface area contributed by atoms with E-state index in [1.54, 1.807) is 0 Å². The van der Waals surface area contributed by atoms with Gasteiger partial charge < -0.3 is 10.4 Å². The lowest BCUT2D eigenvalue weighted by Crippen LogP contribution is -2.37. The summed E-state index contributed by atoms with van der Waals surface area (Å²) in [5.41, 5.74) is 3.30. The Morgan fingerprint density at radius 3 is 2.26 bits per heavy atom. The monoisotopic (exact) mass is 283 g/mol. The lowest BCUT2D eigenvalue weighted by Gasteiger charge is -2.18. The molecule has 0 unspecified atom stereocenters. The Balaban J connectivity index is 2.77. The molecule has 0 saturated carbocycles. The Labute approximate surface area is 120 Å². The van der Waals surface area contributed by atoms with E-state index in [1.807, 2.05) is 39.8 Å². The number of benzene rings is 1. The molecule has 106 valence electrons. The molecule has 1 atom stereocenters. The van der Waals surface area contributed by atoms with Crippen molar-refractivity contribution in [2.24, 2.45) is 5.92 Å². The zero-order valence-corrected chi connectivity index (χ0v) is 12.7. The smallest absolute Gasteiger partial charge is 0.320 e. The molecule has 4 heteroatoms. The van der Waals surface area contributed by atoms with Gasteiger partial charge in [-0.2, -0.15) is 0 Å². The van der Waals surface area contributed by atoms with Crippen molar-refractivity contribution in [1.29, 1.82) is 0 Å².